The third kappa shape index (κ3) is 6.02. The highest BCUT2D eigenvalue weighted by molar-refractivity contribution is 7.92. The number of sulfonamides is 1. The van der Waals surface area contributed by atoms with Gasteiger partial charge in [-0.15, -0.1) is 0 Å². The number of halogens is 1. The lowest BCUT2D eigenvalue weighted by Gasteiger charge is -2.35. The van der Waals surface area contributed by atoms with Crippen LogP contribution in [0.15, 0.2) is 76.7 Å². The smallest absolute Gasteiger partial charge is 0.264 e. The monoisotopic (exact) mass is 594 g/mol. The van der Waals surface area contributed by atoms with Gasteiger partial charge in [-0.25, -0.2) is 22.5 Å². The molecule has 3 atom stereocenters. The van der Waals surface area contributed by atoms with Crippen molar-refractivity contribution in [3.05, 3.63) is 88.6 Å². The van der Waals surface area contributed by atoms with E-state index in [2.05, 4.69) is 42.2 Å². The first-order valence-electron chi connectivity index (χ1n) is 13.6. The average Bonchev–Trinajstić information content (AvgIpc) is 2.90. The molecule has 2 aromatic carbocycles. The van der Waals surface area contributed by atoms with Gasteiger partial charge in [-0.1, -0.05) is 65.1 Å². The van der Waals surface area contributed by atoms with Crippen LogP contribution in [-0.4, -0.2) is 30.3 Å². The van der Waals surface area contributed by atoms with E-state index >= 15 is 0 Å². The molecule has 0 spiro atoms. The van der Waals surface area contributed by atoms with Crippen LogP contribution in [0.25, 0.3) is 5.57 Å². The maximum absolute atomic E-state index is 14.9. The number of nitrogens with one attached hydrogen (secondary N) is 2. The van der Waals surface area contributed by atoms with Gasteiger partial charge in [0.05, 0.1) is 17.1 Å². The number of fused-ring (bicyclic) bond motifs is 4. The summed E-state index contributed by atoms with van der Waals surface area (Å²) in [6.07, 6.45) is 3.51. The quantitative estimate of drug-likeness (QED) is 0.311. The van der Waals surface area contributed by atoms with Crippen molar-refractivity contribution in [2.24, 2.45) is 0 Å². The molecule has 2 heterocycles. The number of allylic oxidation sites excluding steroid dienone is 4. The highest BCUT2D eigenvalue weighted by Crippen LogP contribution is 2.43. The first-order valence-corrected chi connectivity index (χ1v) is 15.7. The summed E-state index contributed by atoms with van der Waals surface area (Å²) in [5.74, 6) is 0.182. The molecule has 2 N–H and O–H groups in total. The van der Waals surface area contributed by atoms with Crippen molar-refractivity contribution in [3.8, 4) is 5.88 Å². The molecule has 7 nitrogen and oxygen atoms in total. The van der Waals surface area contributed by atoms with Crippen molar-refractivity contribution in [1.82, 2.24) is 9.97 Å². The first kappa shape index (κ1) is 29.2. The molecule has 0 saturated carbocycles. The van der Waals surface area contributed by atoms with Gasteiger partial charge in [0.15, 0.2) is 0 Å². The lowest BCUT2D eigenvalue weighted by atomic mass is 9.80. The molecule has 3 aromatic rings. The summed E-state index contributed by atoms with van der Waals surface area (Å²) >= 11 is 0. The molecular formula is C31H36FN4O3PS. The van der Waals surface area contributed by atoms with Crippen LogP contribution >= 0.6 is 9.24 Å². The highest BCUT2D eigenvalue weighted by Gasteiger charge is 2.39. The van der Waals surface area contributed by atoms with Crippen molar-refractivity contribution in [3.63, 3.8) is 0 Å². The Morgan fingerprint density at radius 1 is 1.05 bits per heavy atom. The zero-order valence-corrected chi connectivity index (χ0v) is 25.9. The second-order valence-corrected chi connectivity index (χ2v) is 14.2. The number of aromatic nitrogens is 2. The normalized spacial score (nSPS) is 20.3. The number of nitrogens with zero attached hydrogens (tertiary/aromatic N) is 2. The molecule has 1 aliphatic carbocycles. The summed E-state index contributed by atoms with van der Waals surface area (Å²) in [5.41, 5.74) is 5.42. The molecule has 0 amide bonds. The Morgan fingerprint density at radius 2 is 1.78 bits per heavy atom. The summed E-state index contributed by atoms with van der Waals surface area (Å²) in [7, 11) is -1.65. The van der Waals surface area contributed by atoms with Gasteiger partial charge in [0.2, 0.25) is 11.8 Å². The van der Waals surface area contributed by atoms with E-state index in [-0.39, 0.29) is 16.7 Å². The van der Waals surface area contributed by atoms with Crippen LogP contribution in [0.3, 0.4) is 0 Å². The van der Waals surface area contributed by atoms with E-state index in [1.54, 1.807) is 31.2 Å². The van der Waals surface area contributed by atoms with E-state index in [1.807, 2.05) is 45.0 Å². The Balaban J connectivity index is 1.61. The van der Waals surface area contributed by atoms with E-state index in [0.29, 0.717) is 17.9 Å². The standard InChI is InChI=1S/C31H36FN4O3PS/c1-19-8-6-9-20(2)28(19)25-17-27-35-29(34-25)36-41(37,38)24-11-7-10-23(16-24)33-18-26(39-27)21-12-14-22(15-13-21)30(3,4)31(5,32)40/h7-8,10-17,26,33H,6,9,18,40H2,1-5H3,(H,34,35,36)/t26-,31?/m0/s1. The number of ether oxygens (including phenoxy) is 1. The summed E-state index contributed by atoms with van der Waals surface area (Å²) in [4.78, 5) is 9.18. The van der Waals surface area contributed by atoms with Gasteiger partial charge >= 0.3 is 0 Å². The minimum absolute atomic E-state index is 0.0615. The molecule has 1 aliphatic heterocycles. The summed E-state index contributed by atoms with van der Waals surface area (Å²) in [6, 6.07) is 16.1. The second kappa shape index (κ2) is 10.8. The summed E-state index contributed by atoms with van der Waals surface area (Å²) in [6.45, 7) is 9.73. The van der Waals surface area contributed by atoms with Crippen molar-refractivity contribution >= 4 is 36.5 Å². The number of benzene rings is 2. The maximum Gasteiger partial charge on any atom is 0.264 e. The fourth-order valence-corrected chi connectivity index (χ4v) is 6.24. The average molecular weight is 595 g/mol. The fraction of sp³-hybridized carbons (Fsp3) is 0.355. The van der Waals surface area contributed by atoms with E-state index in [1.165, 1.54) is 11.6 Å². The van der Waals surface area contributed by atoms with Gasteiger partial charge in [0, 0.05) is 22.7 Å². The van der Waals surface area contributed by atoms with Crippen molar-refractivity contribution in [2.75, 3.05) is 16.6 Å². The molecule has 0 radical (unpaired) electrons. The number of anilines is 2. The summed E-state index contributed by atoms with van der Waals surface area (Å²) < 4.78 is 50.5. The van der Waals surface area contributed by atoms with E-state index in [9.17, 15) is 12.8 Å². The first-order chi connectivity index (χ1) is 19.2. The van der Waals surface area contributed by atoms with Crippen LogP contribution in [-0.2, 0) is 15.4 Å². The molecule has 2 aliphatic rings. The SMILES string of the molecule is CC1=CCCC(C)=C1c1cc2nc(n1)NS(=O)(=O)c1cccc(c1)NC[C@@H](c1ccc(C(C)(C)C(C)(F)P)cc1)O2. The molecule has 4 bridgehead atoms. The van der Waals surface area contributed by atoms with Gasteiger partial charge in [-0.05, 0) is 68.5 Å². The fourth-order valence-electron chi connectivity index (χ4n) is 5.08. The molecule has 2 unspecified atom stereocenters. The van der Waals surface area contributed by atoms with Crippen LogP contribution < -0.4 is 14.8 Å². The molecule has 1 aromatic heterocycles. The Bertz CT molecular complexity index is 1640. The predicted molar refractivity (Wildman–Crippen MR) is 165 cm³/mol. The Morgan fingerprint density at radius 3 is 2.46 bits per heavy atom. The van der Waals surface area contributed by atoms with E-state index in [0.717, 1.165) is 35.1 Å². The van der Waals surface area contributed by atoms with Gasteiger partial charge < -0.3 is 10.1 Å². The van der Waals surface area contributed by atoms with E-state index in [4.69, 9.17) is 4.74 Å². The highest BCUT2D eigenvalue weighted by atomic mass is 32.2. The Kier molecular flexibility index (Phi) is 7.72. The van der Waals surface area contributed by atoms with Crippen molar-refractivity contribution in [1.29, 1.82) is 0 Å². The largest absolute Gasteiger partial charge is 0.467 e. The zero-order chi connectivity index (χ0) is 29.6. The molecular weight excluding hydrogens is 558 g/mol. The molecule has 216 valence electrons. The third-order valence-corrected chi connectivity index (χ3v) is 10.1. The van der Waals surface area contributed by atoms with Crippen LogP contribution in [0.5, 0.6) is 5.88 Å². The van der Waals surface area contributed by atoms with Gasteiger partial charge in [0.1, 0.15) is 11.5 Å². The van der Waals surface area contributed by atoms with Crippen LogP contribution in [0.4, 0.5) is 16.0 Å². The second-order valence-electron chi connectivity index (χ2n) is 11.4. The van der Waals surface area contributed by atoms with Gasteiger partial charge in [-0.3, -0.25) is 0 Å². The number of rotatable bonds is 4. The van der Waals surface area contributed by atoms with Gasteiger partial charge in [-0.2, -0.15) is 4.98 Å². The minimum Gasteiger partial charge on any atom is -0.467 e. The predicted octanol–water partition coefficient (Wildman–Crippen LogP) is 7.18. The summed E-state index contributed by atoms with van der Waals surface area (Å²) in [5, 5.41) is 1.82. The topological polar surface area (TPSA) is 93.2 Å². The number of hydrogen-bond donors (Lipinski definition) is 2. The lowest BCUT2D eigenvalue weighted by Crippen LogP contribution is -2.36. The van der Waals surface area contributed by atoms with Crippen LogP contribution in [0.2, 0.25) is 0 Å². The lowest BCUT2D eigenvalue weighted by molar-refractivity contribution is 0.195. The third-order valence-electron chi connectivity index (χ3n) is 8.10. The minimum atomic E-state index is -3.95. The number of alkyl halides is 1. The van der Waals surface area contributed by atoms with Crippen molar-refractivity contribution in [2.45, 2.75) is 69.3 Å². The Labute approximate surface area is 244 Å². The molecule has 0 fully saturated rings. The van der Waals surface area contributed by atoms with Crippen LogP contribution in [0.1, 0.15) is 70.4 Å². The van der Waals surface area contributed by atoms with Crippen LogP contribution in [0, 0.1) is 0 Å². The molecule has 0 saturated heterocycles. The van der Waals surface area contributed by atoms with Gasteiger partial charge in [0.25, 0.3) is 10.0 Å². The van der Waals surface area contributed by atoms with Crippen molar-refractivity contribution < 1.29 is 17.5 Å². The zero-order valence-electron chi connectivity index (χ0n) is 24.0. The molecule has 5 rings (SSSR count). The maximum atomic E-state index is 14.9. The number of hydrogen-bond acceptors (Lipinski definition) is 6. The molecule has 10 heteroatoms. The molecule has 41 heavy (non-hydrogen) atoms. The Hall–Kier alpha value is -3.29. The van der Waals surface area contributed by atoms with E-state index < -0.39 is 27.0 Å².